The molecule has 0 aromatic carbocycles. The number of carbonyl (C=O) groups excluding carboxylic acids is 1. The van der Waals surface area contributed by atoms with E-state index < -0.39 is 0 Å². The Morgan fingerprint density at radius 1 is 1.14 bits per heavy atom. The standard InChI is InChI=1S/C22H38N4O2.HI/c1-3-28-19-14-18(22(19)11-7-12-22)25-21(23-2)24-17-10-13-26(15-17)20(27)16-8-5-4-6-9-16;/h16-19H,3-15H2,1-2H3,(H2,23,24,25);1H. The van der Waals surface area contributed by atoms with Gasteiger partial charge in [-0.3, -0.25) is 9.79 Å². The van der Waals surface area contributed by atoms with Gasteiger partial charge in [-0.05, 0) is 45.4 Å². The molecule has 3 aliphatic carbocycles. The topological polar surface area (TPSA) is 66.0 Å². The van der Waals surface area contributed by atoms with Crippen LogP contribution in [0.1, 0.15) is 71.1 Å². The van der Waals surface area contributed by atoms with Crippen LogP contribution in [0.25, 0.3) is 0 Å². The highest BCUT2D eigenvalue weighted by atomic mass is 127. The van der Waals surface area contributed by atoms with Crippen LogP contribution in [0.3, 0.4) is 0 Å². The van der Waals surface area contributed by atoms with E-state index in [1.165, 1.54) is 38.5 Å². The van der Waals surface area contributed by atoms with Crippen LogP contribution in [0.2, 0.25) is 0 Å². The van der Waals surface area contributed by atoms with Crippen molar-refractivity contribution < 1.29 is 9.53 Å². The Morgan fingerprint density at radius 3 is 2.52 bits per heavy atom. The SMILES string of the molecule is CCOC1CC(NC(=NC)NC2CCN(C(=O)C3CCCCC3)C2)C12CCC2.I. The molecule has 2 N–H and O–H groups in total. The van der Waals surface area contributed by atoms with Gasteiger partial charge in [0, 0.05) is 50.2 Å². The summed E-state index contributed by atoms with van der Waals surface area (Å²) in [6.45, 7) is 4.59. The third-order valence-corrected chi connectivity index (χ3v) is 7.77. The number of ether oxygens (including phenoxy) is 1. The van der Waals surface area contributed by atoms with Gasteiger partial charge in [-0.2, -0.15) is 0 Å². The van der Waals surface area contributed by atoms with E-state index in [4.69, 9.17) is 4.74 Å². The molecule has 1 heterocycles. The lowest BCUT2D eigenvalue weighted by atomic mass is 9.51. The minimum Gasteiger partial charge on any atom is -0.378 e. The van der Waals surface area contributed by atoms with Gasteiger partial charge in [-0.1, -0.05) is 25.7 Å². The van der Waals surface area contributed by atoms with Crippen LogP contribution in [-0.4, -0.2) is 61.7 Å². The molecule has 1 amide bonds. The van der Waals surface area contributed by atoms with E-state index in [2.05, 4.69) is 27.4 Å². The summed E-state index contributed by atoms with van der Waals surface area (Å²) in [4.78, 5) is 19.4. The van der Waals surface area contributed by atoms with Gasteiger partial charge in [0.25, 0.3) is 0 Å². The van der Waals surface area contributed by atoms with Crippen molar-refractivity contribution in [2.75, 3.05) is 26.7 Å². The molecule has 4 fully saturated rings. The largest absolute Gasteiger partial charge is 0.378 e. The van der Waals surface area contributed by atoms with Gasteiger partial charge < -0.3 is 20.3 Å². The van der Waals surface area contributed by atoms with Crippen LogP contribution in [0.5, 0.6) is 0 Å². The molecule has 0 aromatic heterocycles. The first-order valence-electron chi connectivity index (χ1n) is 11.6. The minimum atomic E-state index is 0. The normalized spacial score (nSPS) is 31.6. The van der Waals surface area contributed by atoms with Crippen molar-refractivity contribution in [2.24, 2.45) is 16.3 Å². The molecule has 3 atom stereocenters. The summed E-state index contributed by atoms with van der Waals surface area (Å²) in [5.74, 6) is 1.55. The fraction of sp³-hybridized carbons (Fsp3) is 0.909. The number of nitrogens with one attached hydrogen (secondary N) is 2. The zero-order chi connectivity index (χ0) is 19.6. The van der Waals surface area contributed by atoms with Crippen LogP contribution in [-0.2, 0) is 9.53 Å². The molecule has 4 aliphatic rings. The van der Waals surface area contributed by atoms with Gasteiger partial charge in [-0.25, -0.2) is 0 Å². The summed E-state index contributed by atoms with van der Waals surface area (Å²) in [6.07, 6.45) is 12.2. The molecular formula is C22H39IN4O2. The molecule has 0 bridgehead atoms. The average Bonchev–Trinajstić information content (AvgIpc) is 3.13. The van der Waals surface area contributed by atoms with E-state index >= 15 is 0 Å². The Labute approximate surface area is 193 Å². The van der Waals surface area contributed by atoms with Crippen molar-refractivity contribution in [3.05, 3.63) is 0 Å². The van der Waals surface area contributed by atoms with Gasteiger partial charge in [-0.15, -0.1) is 24.0 Å². The Kier molecular flexibility index (Phi) is 8.09. The monoisotopic (exact) mass is 518 g/mol. The molecule has 6 nitrogen and oxygen atoms in total. The maximum Gasteiger partial charge on any atom is 0.225 e. The van der Waals surface area contributed by atoms with Gasteiger partial charge in [0.1, 0.15) is 0 Å². The van der Waals surface area contributed by atoms with Crippen LogP contribution < -0.4 is 10.6 Å². The Morgan fingerprint density at radius 2 is 1.90 bits per heavy atom. The molecule has 7 heteroatoms. The summed E-state index contributed by atoms with van der Waals surface area (Å²) in [5.41, 5.74) is 0.326. The second kappa shape index (κ2) is 10.2. The molecule has 1 aliphatic heterocycles. The predicted octanol–water partition coefficient (Wildman–Crippen LogP) is 3.30. The van der Waals surface area contributed by atoms with Crippen molar-refractivity contribution in [1.29, 1.82) is 0 Å². The Hall–Kier alpha value is -0.570. The maximum atomic E-state index is 12.8. The number of nitrogens with zero attached hydrogens (tertiary/aromatic N) is 2. The van der Waals surface area contributed by atoms with Crippen LogP contribution in [0.4, 0.5) is 0 Å². The lowest BCUT2D eigenvalue weighted by Crippen LogP contribution is -2.69. The van der Waals surface area contributed by atoms with Gasteiger partial charge in [0.2, 0.25) is 5.91 Å². The molecule has 166 valence electrons. The maximum absolute atomic E-state index is 12.8. The van der Waals surface area contributed by atoms with Crippen LogP contribution >= 0.6 is 24.0 Å². The predicted molar refractivity (Wildman–Crippen MR) is 127 cm³/mol. The van der Waals surface area contributed by atoms with Gasteiger partial charge >= 0.3 is 0 Å². The molecular weight excluding hydrogens is 479 g/mol. The highest BCUT2D eigenvalue weighted by Gasteiger charge is 2.59. The second-order valence-electron chi connectivity index (χ2n) is 9.28. The molecule has 1 spiro atoms. The average molecular weight is 518 g/mol. The van der Waals surface area contributed by atoms with E-state index in [-0.39, 0.29) is 29.9 Å². The fourth-order valence-corrected chi connectivity index (χ4v) is 5.86. The van der Waals surface area contributed by atoms with E-state index in [1.807, 2.05) is 7.05 Å². The number of carbonyl (C=O) groups is 1. The molecule has 0 radical (unpaired) electrons. The number of halogens is 1. The van der Waals surface area contributed by atoms with E-state index in [0.717, 1.165) is 51.3 Å². The van der Waals surface area contributed by atoms with Crippen molar-refractivity contribution >= 4 is 35.8 Å². The van der Waals surface area contributed by atoms with Crippen molar-refractivity contribution in [3.8, 4) is 0 Å². The summed E-state index contributed by atoms with van der Waals surface area (Å²) in [7, 11) is 1.85. The van der Waals surface area contributed by atoms with Gasteiger partial charge in [0.05, 0.1) is 6.10 Å². The first kappa shape index (κ1) is 23.1. The minimum absolute atomic E-state index is 0. The number of hydrogen-bond donors (Lipinski definition) is 2. The van der Waals surface area contributed by atoms with Gasteiger partial charge in [0.15, 0.2) is 5.96 Å². The quantitative estimate of drug-likeness (QED) is 0.333. The van der Waals surface area contributed by atoms with E-state index in [0.29, 0.717) is 29.5 Å². The van der Waals surface area contributed by atoms with Crippen molar-refractivity contribution in [1.82, 2.24) is 15.5 Å². The second-order valence-corrected chi connectivity index (χ2v) is 9.28. The summed E-state index contributed by atoms with van der Waals surface area (Å²) >= 11 is 0. The highest BCUT2D eigenvalue weighted by molar-refractivity contribution is 14.0. The summed E-state index contributed by atoms with van der Waals surface area (Å²) in [6, 6.07) is 0.768. The number of likely N-dealkylation sites (tertiary alicyclic amines) is 1. The molecule has 3 unspecified atom stereocenters. The summed E-state index contributed by atoms with van der Waals surface area (Å²) in [5, 5.41) is 7.26. The Balaban J connectivity index is 0.00000240. The number of aliphatic imine (C=N–C) groups is 1. The van der Waals surface area contributed by atoms with Crippen molar-refractivity contribution in [2.45, 2.75) is 89.3 Å². The zero-order valence-electron chi connectivity index (χ0n) is 18.1. The van der Waals surface area contributed by atoms with E-state index in [1.54, 1.807) is 0 Å². The van der Waals surface area contributed by atoms with Crippen molar-refractivity contribution in [3.63, 3.8) is 0 Å². The molecule has 29 heavy (non-hydrogen) atoms. The summed E-state index contributed by atoms with van der Waals surface area (Å²) < 4.78 is 5.97. The number of rotatable bonds is 5. The molecule has 4 rings (SSSR count). The third kappa shape index (κ3) is 4.70. The number of guanidine groups is 1. The molecule has 1 saturated heterocycles. The third-order valence-electron chi connectivity index (χ3n) is 7.77. The first-order valence-corrected chi connectivity index (χ1v) is 11.6. The first-order chi connectivity index (χ1) is 13.7. The Bertz CT molecular complexity index is 589. The number of hydrogen-bond acceptors (Lipinski definition) is 3. The zero-order valence-corrected chi connectivity index (χ0v) is 20.5. The lowest BCUT2D eigenvalue weighted by molar-refractivity contribution is -0.168. The lowest BCUT2D eigenvalue weighted by Gasteiger charge is -2.61. The highest BCUT2D eigenvalue weighted by Crippen LogP contribution is 2.57. The molecule has 3 saturated carbocycles. The fourth-order valence-electron chi connectivity index (χ4n) is 5.86. The molecule has 0 aromatic rings. The van der Waals surface area contributed by atoms with Crippen LogP contribution in [0.15, 0.2) is 4.99 Å². The van der Waals surface area contributed by atoms with Crippen LogP contribution in [0, 0.1) is 11.3 Å². The van der Waals surface area contributed by atoms with E-state index in [9.17, 15) is 4.79 Å². The number of amides is 1. The smallest absolute Gasteiger partial charge is 0.225 e.